The number of hydrogen-bond donors (Lipinski definition) is 1. The van der Waals surface area contributed by atoms with E-state index in [-0.39, 0.29) is 22.7 Å². The number of benzene rings is 1. The van der Waals surface area contributed by atoms with Crippen LogP contribution in [0.5, 0.6) is 5.75 Å². The number of nitriles is 1. The van der Waals surface area contributed by atoms with Gasteiger partial charge in [-0.2, -0.15) is 10.4 Å². The Morgan fingerprint density at radius 2 is 2.30 bits per heavy atom. The Balaban J connectivity index is 2.26. The van der Waals surface area contributed by atoms with Crippen LogP contribution in [0.25, 0.3) is 0 Å². The van der Waals surface area contributed by atoms with E-state index < -0.39 is 11.7 Å². The van der Waals surface area contributed by atoms with Gasteiger partial charge in [-0.3, -0.25) is 9.48 Å². The molecule has 1 aromatic carbocycles. The number of halogens is 1. The first-order chi connectivity index (χ1) is 9.55. The molecule has 0 aliphatic carbocycles. The number of anilines is 1. The molecule has 1 aromatic heterocycles. The van der Waals surface area contributed by atoms with Crippen LogP contribution in [0.4, 0.5) is 10.2 Å². The lowest BCUT2D eigenvalue weighted by molar-refractivity contribution is 0.102. The van der Waals surface area contributed by atoms with Crippen molar-refractivity contribution in [3.05, 3.63) is 41.3 Å². The Kier molecular flexibility index (Phi) is 3.66. The fourth-order valence-electron chi connectivity index (χ4n) is 1.64. The summed E-state index contributed by atoms with van der Waals surface area (Å²) in [5.41, 5.74) is 0.452. The molecule has 7 heteroatoms. The molecule has 0 saturated carbocycles. The number of nitrogens with one attached hydrogen (secondary N) is 1. The van der Waals surface area contributed by atoms with E-state index in [4.69, 9.17) is 10.00 Å². The van der Waals surface area contributed by atoms with Crippen molar-refractivity contribution in [2.24, 2.45) is 7.05 Å². The number of carbonyl (C=O) groups is 1. The molecule has 0 aliphatic rings. The third-order valence-electron chi connectivity index (χ3n) is 2.59. The van der Waals surface area contributed by atoms with Crippen LogP contribution in [0.3, 0.4) is 0 Å². The summed E-state index contributed by atoms with van der Waals surface area (Å²) in [6.07, 6.45) is 1.49. The number of ether oxygens (including phenoxy) is 1. The molecular weight excluding hydrogens is 263 g/mol. The van der Waals surface area contributed by atoms with Crippen molar-refractivity contribution >= 4 is 11.7 Å². The number of rotatable bonds is 3. The lowest BCUT2D eigenvalue weighted by Gasteiger charge is -2.06. The predicted octanol–water partition coefficient (Wildman–Crippen LogP) is 1.69. The van der Waals surface area contributed by atoms with Gasteiger partial charge < -0.3 is 10.1 Å². The van der Waals surface area contributed by atoms with Crippen molar-refractivity contribution in [1.29, 1.82) is 5.26 Å². The van der Waals surface area contributed by atoms with Crippen LogP contribution in [0, 0.1) is 17.1 Å². The molecule has 0 unspecified atom stereocenters. The Morgan fingerprint density at radius 3 is 2.95 bits per heavy atom. The SMILES string of the molecule is COc1cc(C(=O)Nc2nn(C)cc2C#N)ccc1F. The molecule has 102 valence electrons. The number of carbonyl (C=O) groups excluding carboxylic acids is 1. The first-order valence-corrected chi connectivity index (χ1v) is 5.63. The highest BCUT2D eigenvalue weighted by atomic mass is 19.1. The van der Waals surface area contributed by atoms with Gasteiger partial charge >= 0.3 is 0 Å². The fraction of sp³-hybridized carbons (Fsp3) is 0.154. The fourth-order valence-corrected chi connectivity index (χ4v) is 1.64. The van der Waals surface area contributed by atoms with E-state index in [1.54, 1.807) is 7.05 Å². The topological polar surface area (TPSA) is 79.9 Å². The summed E-state index contributed by atoms with van der Waals surface area (Å²) in [5, 5.41) is 15.4. The average molecular weight is 274 g/mol. The van der Waals surface area contributed by atoms with Crippen LogP contribution >= 0.6 is 0 Å². The second-order valence-electron chi connectivity index (χ2n) is 3.98. The molecule has 2 aromatic rings. The second kappa shape index (κ2) is 5.40. The summed E-state index contributed by atoms with van der Waals surface area (Å²) in [7, 11) is 2.95. The normalized spacial score (nSPS) is 9.90. The van der Waals surface area contributed by atoms with Gasteiger partial charge in [0.1, 0.15) is 11.6 Å². The average Bonchev–Trinajstić information content (AvgIpc) is 2.79. The highest BCUT2D eigenvalue weighted by Crippen LogP contribution is 2.19. The predicted molar refractivity (Wildman–Crippen MR) is 68.8 cm³/mol. The van der Waals surface area contributed by atoms with Crippen molar-refractivity contribution < 1.29 is 13.9 Å². The van der Waals surface area contributed by atoms with Crippen molar-refractivity contribution in [3.63, 3.8) is 0 Å². The van der Waals surface area contributed by atoms with Crippen LogP contribution in [-0.4, -0.2) is 22.8 Å². The Labute approximate surface area is 114 Å². The van der Waals surface area contributed by atoms with E-state index in [2.05, 4.69) is 10.4 Å². The minimum absolute atomic E-state index is 0.0285. The molecule has 1 heterocycles. The molecule has 2 rings (SSSR count). The van der Waals surface area contributed by atoms with E-state index in [9.17, 15) is 9.18 Å². The minimum Gasteiger partial charge on any atom is -0.494 e. The number of hydrogen-bond acceptors (Lipinski definition) is 4. The lowest BCUT2D eigenvalue weighted by atomic mass is 10.2. The van der Waals surface area contributed by atoms with Gasteiger partial charge in [-0.15, -0.1) is 0 Å². The van der Waals surface area contributed by atoms with Crippen LogP contribution in [0.1, 0.15) is 15.9 Å². The van der Waals surface area contributed by atoms with Gasteiger partial charge in [-0.05, 0) is 18.2 Å². The van der Waals surface area contributed by atoms with Gasteiger partial charge in [0.25, 0.3) is 5.91 Å². The van der Waals surface area contributed by atoms with Crippen molar-refractivity contribution in [3.8, 4) is 11.8 Å². The Bertz CT molecular complexity index is 703. The van der Waals surface area contributed by atoms with Gasteiger partial charge in [0.15, 0.2) is 17.4 Å². The summed E-state index contributed by atoms with van der Waals surface area (Å²) < 4.78 is 19.5. The molecule has 0 spiro atoms. The van der Waals surface area contributed by atoms with E-state index in [0.717, 1.165) is 6.07 Å². The van der Waals surface area contributed by atoms with Crippen LogP contribution in [-0.2, 0) is 7.05 Å². The monoisotopic (exact) mass is 274 g/mol. The molecule has 0 atom stereocenters. The van der Waals surface area contributed by atoms with E-state index in [1.165, 1.54) is 30.1 Å². The number of nitrogens with zero attached hydrogens (tertiary/aromatic N) is 3. The largest absolute Gasteiger partial charge is 0.494 e. The molecule has 1 N–H and O–H groups in total. The van der Waals surface area contributed by atoms with Gasteiger partial charge in [0.05, 0.1) is 7.11 Å². The highest BCUT2D eigenvalue weighted by Gasteiger charge is 2.14. The van der Waals surface area contributed by atoms with Crippen LogP contribution < -0.4 is 10.1 Å². The molecule has 0 radical (unpaired) electrons. The van der Waals surface area contributed by atoms with Gasteiger partial charge in [0.2, 0.25) is 0 Å². The molecule has 6 nitrogen and oxygen atoms in total. The minimum atomic E-state index is -0.556. The Morgan fingerprint density at radius 1 is 1.55 bits per heavy atom. The quantitative estimate of drug-likeness (QED) is 0.923. The molecule has 0 bridgehead atoms. The number of methoxy groups -OCH3 is 1. The van der Waals surface area contributed by atoms with E-state index >= 15 is 0 Å². The maximum atomic E-state index is 13.3. The molecule has 0 saturated heterocycles. The van der Waals surface area contributed by atoms with Gasteiger partial charge in [-0.1, -0.05) is 0 Å². The second-order valence-corrected chi connectivity index (χ2v) is 3.98. The zero-order chi connectivity index (χ0) is 14.7. The smallest absolute Gasteiger partial charge is 0.257 e. The first-order valence-electron chi connectivity index (χ1n) is 5.63. The lowest BCUT2D eigenvalue weighted by Crippen LogP contribution is -2.13. The first kappa shape index (κ1) is 13.5. The number of aryl methyl sites for hydroxylation is 1. The van der Waals surface area contributed by atoms with Crippen molar-refractivity contribution in [2.75, 3.05) is 12.4 Å². The molecule has 0 aliphatic heterocycles. The zero-order valence-corrected chi connectivity index (χ0v) is 10.8. The number of amides is 1. The molecule has 0 fully saturated rings. The maximum absolute atomic E-state index is 13.3. The van der Waals surface area contributed by atoms with Gasteiger partial charge in [-0.25, -0.2) is 4.39 Å². The van der Waals surface area contributed by atoms with E-state index in [1.807, 2.05) is 6.07 Å². The van der Waals surface area contributed by atoms with Crippen LogP contribution in [0.15, 0.2) is 24.4 Å². The standard InChI is InChI=1S/C13H11FN4O2/c1-18-7-9(6-15)12(17-18)16-13(19)8-3-4-10(14)11(5-8)20-2/h3-5,7H,1-2H3,(H,16,17,19). The third kappa shape index (κ3) is 2.59. The Hall–Kier alpha value is -2.88. The van der Waals surface area contributed by atoms with Crippen LogP contribution in [0.2, 0.25) is 0 Å². The third-order valence-corrected chi connectivity index (χ3v) is 2.59. The maximum Gasteiger partial charge on any atom is 0.257 e. The number of aromatic nitrogens is 2. The highest BCUT2D eigenvalue weighted by molar-refractivity contribution is 6.04. The summed E-state index contributed by atoms with van der Waals surface area (Å²) in [6, 6.07) is 5.66. The molecule has 1 amide bonds. The van der Waals surface area contributed by atoms with Gasteiger partial charge in [0, 0.05) is 18.8 Å². The summed E-state index contributed by atoms with van der Waals surface area (Å²) in [4.78, 5) is 12.0. The summed E-state index contributed by atoms with van der Waals surface area (Å²) in [6.45, 7) is 0. The molecule has 20 heavy (non-hydrogen) atoms. The van der Waals surface area contributed by atoms with Crippen molar-refractivity contribution in [1.82, 2.24) is 9.78 Å². The molecular formula is C13H11FN4O2. The van der Waals surface area contributed by atoms with E-state index in [0.29, 0.717) is 0 Å². The summed E-state index contributed by atoms with van der Waals surface area (Å²) in [5.74, 6) is -0.930. The van der Waals surface area contributed by atoms with Crippen molar-refractivity contribution in [2.45, 2.75) is 0 Å². The zero-order valence-electron chi connectivity index (χ0n) is 10.8. The summed E-state index contributed by atoms with van der Waals surface area (Å²) >= 11 is 0.